The SMILES string of the molecule is CC(C)(C)OC(=O)NCCCCN(CCCCNc1c2ccccc2nc2ccccc12)CCCNC(=O)OC(C)(C)C. The highest BCUT2D eigenvalue weighted by Crippen LogP contribution is 2.30. The number of carbonyl (C=O) groups excluding carboxylic acids is 2. The fraction of sp³-hybridized carbons (Fsp3) is 0.559. The Morgan fingerprint density at radius 3 is 1.60 bits per heavy atom. The second kappa shape index (κ2) is 16.3. The highest BCUT2D eigenvalue weighted by Gasteiger charge is 2.17. The maximum Gasteiger partial charge on any atom is 0.407 e. The number of hydrogen-bond acceptors (Lipinski definition) is 7. The molecule has 2 amide bonds. The number of rotatable bonds is 15. The van der Waals surface area contributed by atoms with E-state index in [0.717, 1.165) is 85.8 Å². The zero-order valence-corrected chi connectivity index (χ0v) is 26.9. The Hall–Kier alpha value is -3.59. The minimum atomic E-state index is -0.508. The number of hydrogen-bond donors (Lipinski definition) is 3. The molecule has 3 N–H and O–H groups in total. The molecule has 236 valence electrons. The molecule has 0 aliphatic rings. The Labute approximate surface area is 257 Å². The molecule has 2 aromatic carbocycles. The number of alkyl carbamates (subject to hydrolysis) is 2. The van der Waals surface area contributed by atoms with Crippen LogP contribution in [0.2, 0.25) is 0 Å². The van der Waals surface area contributed by atoms with Gasteiger partial charge in [-0.3, -0.25) is 0 Å². The van der Waals surface area contributed by atoms with Crippen LogP contribution in [0.5, 0.6) is 0 Å². The van der Waals surface area contributed by atoms with Crippen LogP contribution in [-0.2, 0) is 9.47 Å². The largest absolute Gasteiger partial charge is 0.444 e. The second-order valence-corrected chi connectivity index (χ2v) is 12.9. The fourth-order valence-corrected chi connectivity index (χ4v) is 4.81. The second-order valence-electron chi connectivity index (χ2n) is 12.9. The maximum atomic E-state index is 12.0. The van der Waals surface area contributed by atoms with E-state index in [4.69, 9.17) is 14.5 Å². The lowest BCUT2D eigenvalue weighted by atomic mass is 10.1. The third-order valence-electron chi connectivity index (χ3n) is 6.68. The van der Waals surface area contributed by atoms with Gasteiger partial charge in [0, 0.05) is 30.4 Å². The number of fused-ring (bicyclic) bond motifs is 2. The van der Waals surface area contributed by atoms with Gasteiger partial charge >= 0.3 is 12.2 Å². The van der Waals surface area contributed by atoms with E-state index in [-0.39, 0.29) is 12.2 Å². The van der Waals surface area contributed by atoms with Crippen molar-refractivity contribution in [2.75, 3.05) is 44.6 Å². The van der Waals surface area contributed by atoms with Gasteiger partial charge in [-0.1, -0.05) is 36.4 Å². The Morgan fingerprint density at radius 2 is 1.09 bits per heavy atom. The van der Waals surface area contributed by atoms with Crippen LogP contribution in [0.1, 0.15) is 73.6 Å². The van der Waals surface area contributed by atoms with E-state index in [1.165, 1.54) is 0 Å². The van der Waals surface area contributed by atoms with E-state index >= 15 is 0 Å². The standard InChI is InChI=1S/C34H51N5O4/c1-33(2,3)42-31(40)36-21-12-14-24-39(25-15-22-37-32(41)43-34(4,5)6)23-13-11-20-35-30-26-16-7-9-18-28(26)38-29-19-10-8-17-27(29)30/h7-10,16-19H,11-15,20-25H2,1-6H3,(H,35,38)(H,36,40)(H,37,41). The minimum Gasteiger partial charge on any atom is -0.444 e. The third-order valence-corrected chi connectivity index (χ3v) is 6.68. The molecule has 3 rings (SSSR count). The Kier molecular flexibility index (Phi) is 12.9. The van der Waals surface area contributed by atoms with Gasteiger partial charge in [-0.15, -0.1) is 0 Å². The molecule has 3 aromatic rings. The van der Waals surface area contributed by atoms with E-state index in [2.05, 4.69) is 57.2 Å². The van der Waals surface area contributed by atoms with E-state index < -0.39 is 11.2 Å². The van der Waals surface area contributed by atoms with Gasteiger partial charge in [0.05, 0.1) is 16.7 Å². The number of amides is 2. The number of nitrogens with one attached hydrogen (secondary N) is 3. The van der Waals surface area contributed by atoms with Gasteiger partial charge < -0.3 is 30.3 Å². The molecule has 0 atom stereocenters. The molecule has 9 nitrogen and oxygen atoms in total. The summed E-state index contributed by atoms with van der Waals surface area (Å²) in [7, 11) is 0. The number of ether oxygens (including phenoxy) is 2. The lowest BCUT2D eigenvalue weighted by Crippen LogP contribution is -2.35. The van der Waals surface area contributed by atoms with Crippen molar-refractivity contribution in [1.82, 2.24) is 20.5 Å². The quantitative estimate of drug-likeness (QED) is 0.127. The normalized spacial score (nSPS) is 12.0. The molecular weight excluding hydrogens is 542 g/mol. The number of carbonyl (C=O) groups is 2. The third kappa shape index (κ3) is 12.7. The van der Waals surface area contributed by atoms with Crippen molar-refractivity contribution in [3.63, 3.8) is 0 Å². The summed E-state index contributed by atoms with van der Waals surface area (Å²) in [5.74, 6) is 0. The van der Waals surface area contributed by atoms with Crippen molar-refractivity contribution in [3.05, 3.63) is 48.5 Å². The fourth-order valence-electron chi connectivity index (χ4n) is 4.81. The van der Waals surface area contributed by atoms with Gasteiger partial charge in [0.2, 0.25) is 0 Å². The van der Waals surface area contributed by atoms with E-state index in [0.29, 0.717) is 13.1 Å². The Morgan fingerprint density at radius 1 is 0.651 bits per heavy atom. The van der Waals surface area contributed by atoms with E-state index in [1.54, 1.807) is 0 Å². The summed E-state index contributed by atoms with van der Waals surface area (Å²) >= 11 is 0. The van der Waals surface area contributed by atoms with E-state index in [9.17, 15) is 9.59 Å². The molecule has 0 unspecified atom stereocenters. The van der Waals surface area contributed by atoms with Gasteiger partial charge in [-0.05, 0) is 105 Å². The summed E-state index contributed by atoms with van der Waals surface area (Å²) in [4.78, 5) is 31.2. The summed E-state index contributed by atoms with van der Waals surface area (Å²) in [5, 5.41) is 11.7. The van der Waals surface area contributed by atoms with Gasteiger partial charge in [-0.25, -0.2) is 14.6 Å². The molecule has 0 aliphatic heterocycles. The molecule has 1 heterocycles. The van der Waals surface area contributed by atoms with Gasteiger partial charge in [0.25, 0.3) is 0 Å². The predicted molar refractivity (Wildman–Crippen MR) is 176 cm³/mol. The van der Waals surface area contributed by atoms with Crippen LogP contribution in [-0.4, -0.2) is 72.5 Å². The predicted octanol–water partition coefficient (Wildman–Crippen LogP) is 7.10. The minimum absolute atomic E-state index is 0.375. The van der Waals surface area contributed by atoms with Crippen LogP contribution >= 0.6 is 0 Å². The zero-order valence-electron chi connectivity index (χ0n) is 26.9. The first-order chi connectivity index (χ1) is 20.4. The van der Waals surface area contributed by atoms with Gasteiger partial charge in [0.1, 0.15) is 11.2 Å². The highest BCUT2D eigenvalue weighted by molar-refractivity contribution is 6.07. The number of unbranched alkanes of at least 4 members (excludes halogenated alkanes) is 2. The number of aromatic nitrogens is 1. The molecule has 0 radical (unpaired) electrons. The molecule has 0 bridgehead atoms. The number of pyridine rings is 1. The van der Waals surface area contributed by atoms with Crippen molar-refractivity contribution < 1.29 is 19.1 Å². The van der Waals surface area contributed by atoms with Crippen LogP contribution in [0.15, 0.2) is 48.5 Å². The molecule has 43 heavy (non-hydrogen) atoms. The first-order valence-electron chi connectivity index (χ1n) is 15.6. The Balaban J connectivity index is 1.47. The van der Waals surface area contributed by atoms with Crippen LogP contribution in [0, 0.1) is 0 Å². The van der Waals surface area contributed by atoms with Crippen LogP contribution in [0.25, 0.3) is 21.8 Å². The van der Waals surface area contributed by atoms with Crippen LogP contribution in [0.4, 0.5) is 15.3 Å². The van der Waals surface area contributed by atoms with Crippen molar-refractivity contribution >= 4 is 39.7 Å². The number of anilines is 1. The van der Waals surface area contributed by atoms with Crippen molar-refractivity contribution in [1.29, 1.82) is 0 Å². The lowest BCUT2D eigenvalue weighted by molar-refractivity contribution is 0.0513. The summed E-state index contributed by atoms with van der Waals surface area (Å²) in [6.45, 7) is 15.9. The number of para-hydroxylation sites is 2. The smallest absolute Gasteiger partial charge is 0.407 e. The average molecular weight is 594 g/mol. The molecule has 0 spiro atoms. The van der Waals surface area contributed by atoms with Crippen molar-refractivity contribution in [3.8, 4) is 0 Å². The molecule has 0 fully saturated rings. The number of nitrogens with zero attached hydrogens (tertiary/aromatic N) is 2. The van der Waals surface area contributed by atoms with Crippen LogP contribution in [0.3, 0.4) is 0 Å². The maximum absolute atomic E-state index is 12.0. The average Bonchev–Trinajstić information content (AvgIpc) is 2.92. The van der Waals surface area contributed by atoms with E-state index in [1.807, 2.05) is 53.7 Å². The monoisotopic (exact) mass is 593 g/mol. The summed E-state index contributed by atoms with van der Waals surface area (Å²) in [6.07, 6.45) is 3.98. The molecule has 0 saturated heterocycles. The summed E-state index contributed by atoms with van der Waals surface area (Å²) in [6, 6.07) is 16.5. The van der Waals surface area contributed by atoms with Gasteiger partial charge in [-0.2, -0.15) is 0 Å². The number of benzene rings is 2. The topological polar surface area (TPSA) is 105 Å². The van der Waals surface area contributed by atoms with Gasteiger partial charge in [0.15, 0.2) is 0 Å². The first-order valence-corrected chi connectivity index (χ1v) is 15.6. The first kappa shape index (κ1) is 33.9. The Bertz CT molecular complexity index is 1260. The molecular formula is C34H51N5O4. The van der Waals surface area contributed by atoms with Crippen molar-refractivity contribution in [2.45, 2.75) is 84.8 Å². The van der Waals surface area contributed by atoms with Crippen LogP contribution < -0.4 is 16.0 Å². The molecule has 1 aromatic heterocycles. The lowest BCUT2D eigenvalue weighted by Gasteiger charge is -2.23. The molecule has 9 heteroatoms. The zero-order chi connectivity index (χ0) is 31.3. The molecule has 0 saturated carbocycles. The summed E-state index contributed by atoms with van der Waals surface area (Å²) < 4.78 is 10.7. The summed E-state index contributed by atoms with van der Waals surface area (Å²) in [5.41, 5.74) is 2.13. The highest BCUT2D eigenvalue weighted by atomic mass is 16.6. The van der Waals surface area contributed by atoms with Crippen molar-refractivity contribution in [2.24, 2.45) is 0 Å². The molecule has 0 aliphatic carbocycles.